The van der Waals surface area contributed by atoms with Gasteiger partial charge in [0.25, 0.3) is 0 Å². The van der Waals surface area contributed by atoms with Gasteiger partial charge in [-0.3, -0.25) is 0 Å². The third kappa shape index (κ3) is 3.51. The van der Waals surface area contributed by atoms with E-state index in [2.05, 4.69) is 13.0 Å². The van der Waals surface area contributed by atoms with Crippen LogP contribution in [0.5, 0.6) is 0 Å². The standard InChI is InChI=1S/C19H30F2/c1-13-5-7-14(8-6-13)15-9-11-16(12-10-15)17-3-2-4-18(20)19(17)21/h11,13-15,17-19H,2-10,12H2,1H3. The summed E-state index contributed by atoms with van der Waals surface area (Å²) in [6.07, 6.45) is 10.9. The predicted octanol–water partition coefficient (Wildman–Crippen LogP) is 6.02. The van der Waals surface area contributed by atoms with Gasteiger partial charge in [-0.25, -0.2) is 8.78 Å². The van der Waals surface area contributed by atoms with Gasteiger partial charge >= 0.3 is 0 Å². The van der Waals surface area contributed by atoms with Crippen molar-refractivity contribution in [2.24, 2.45) is 23.7 Å². The van der Waals surface area contributed by atoms with Crippen LogP contribution in [-0.4, -0.2) is 12.3 Å². The van der Waals surface area contributed by atoms with Gasteiger partial charge in [-0.1, -0.05) is 31.4 Å². The number of rotatable bonds is 2. The van der Waals surface area contributed by atoms with E-state index < -0.39 is 12.3 Å². The molecule has 0 aromatic carbocycles. The van der Waals surface area contributed by atoms with E-state index >= 15 is 0 Å². The molecule has 21 heavy (non-hydrogen) atoms. The molecule has 2 heteroatoms. The van der Waals surface area contributed by atoms with Crippen molar-refractivity contribution >= 4 is 0 Å². The molecule has 0 aromatic heterocycles. The van der Waals surface area contributed by atoms with Crippen LogP contribution in [0.15, 0.2) is 11.6 Å². The van der Waals surface area contributed by atoms with Crippen LogP contribution in [0, 0.1) is 23.7 Å². The molecule has 0 aliphatic heterocycles. The molecule has 0 radical (unpaired) electrons. The van der Waals surface area contributed by atoms with Gasteiger partial charge in [0.15, 0.2) is 0 Å². The van der Waals surface area contributed by atoms with Gasteiger partial charge in [0.1, 0.15) is 12.3 Å². The molecular formula is C19H30F2. The van der Waals surface area contributed by atoms with Crippen LogP contribution in [0.1, 0.15) is 71.1 Å². The highest BCUT2D eigenvalue weighted by molar-refractivity contribution is 5.14. The summed E-state index contributed by atoms with van der Waals surface area (Å²) in [6.45, 7) is 2.37. The van der Waals surface area contributed by atoms with E-state index in [-0.39, 0.29) is 5.92 Å². The molecule has 120 valence electrons. The Hall–Kier alpha value is -0.400. The lowest BCUT2D eigenvalue weighted by Crippen LogP contribution is -2.33. The summed E-state index contributed by atoms with van der Waals surface area (Å²) in [5, 5.41) is 0. The minimum Gasteiger partial charge on any atom is -0.244 e. The van der Waals surface area contributed by atoms with E-state index in [0.29, 0.717) is 6.42 Å². The highest BCUT2D eigenvalue weighted by atomic mass is 19.2. The summed E-state index contributed by atoms with van der Waals surface area (Å²) in [4.78, 5) is 0. The van der Waals surface area contributed by atoms with E-state index in [1.165, 1.54) is 37.7 Å². The zero-order valence-corrected chi connectivity index (χ0v) is 13.4. The van der Waals surface area contributed by atoms with Crippen LogP contribution in [0.3, 0.4) is 0 Å². The van der Waals surface area contributed by atoms with Gasteiger partial charge in [-0.2, -0.15) is 0 Å². The van der Waals surface area contributed by atoms with Crippen LogP contribution in [0.2, 0.25) is 0 Å². The smallest absolute Gasteiger partial charge is 0.138 e. The average molecular weight is 296 g/mol. The first kappa shape index (κ1) is 15.5. The van der Waals surface area contributed by atoms with Gasteiger partial charge in [0.2, 0.25) is 0 Å². The Morgan fingerprint density at radius 2 is 1.67 bits per heavy atom. The molecule has 0 heterocycles. The molecule has 3 aliphatic rings. The Morgan fingerprint density at radius 3 is 2.33 bits per heavy atom. The van der Waals surface area contributed by atoms with E-state index in [0.717, 1.165) is 43.4 Å². The molecule has 0 nitrogen and oxygen atoms in total. The van der Waals surface area contributed by atoms with Crippen molar-refractivity contribution in [1.29, 1.82) is 0 Å². The number of allylic oxidation sites excluding steroid dienone is 2. The molecule has 2 fully saturated rings. The maximum atomic E-state index is 14.1. The first-order valence-corrected chi connectivity index (χ1v) is 9.12. The van der Waals surface area contributed by atoms with Gasteiger partial charge in [-0.15, -0.1) is 0 Å². The van der Waals surface area contributed by atoms with Crippen molar-refractivity contribution in [2.45, 2.75) is 83.5 Å². The largest absolute Gasteiger partial charge is 0.244 e. The quantitative estimate of drug-likeness (QED) is 0.547. The Bertz CT molecular complexity index is 368. The Labute approximate surface area is 128 Å². The highest BCUT2D eigenvalue weighted by Crippen LogP contribution is 2.43. The summed E-state index contributed by atoms with van der Waals surface area (Å²) in [5.74, 6) is 2.50. The zero-order chi connectivity index (χ0) is 14.8. The second-order valence-corrected chi connectivity index (χ2v) is 7.83. The SMILES string of the molecule is CC1CCC(C2CC=C(C3CCCC(F)C3F)CC2)CC1. The highest BCUT2D eigenvalue weighted by Gasteiger charge is 2.37. The Kier molecular flexibility index (Phi) is 5.01. The summed E-state index contributed by atoms with van der Waals surface area (Å²) in [7, 11) is 0. The third-order valence-electron chi connectivity index (χ3n) is 6.41. The van der Waals surface area contributed by atoms with Gasteiger partial charge < -0.3 is 0 Å². The van der Waals surface area contributed by atoms with Gasteiger partial charge in [-0.05, 0) is 69.1 Å². The predicted molar refractivity (Wildman–Crippen MR) is 83.7 cm³/mol. The molecule has 0 aromatic rings. The summed E-state index contributed by atoms with van der Waals surface area (Å²) < 4.78 is 27.7. The van der Waals surface area contributed by atoms with E-state index in [4.69, 9.17) is 0 Å². The van der Waals surface area contributed by atoms with Crippen LogP contribution in [-0.2, 0) is 0 Å². The van der Waals surface area contributed by atoms with Gasteiger partial charge in [0.05, 0.1) is 0 Å². The molecule has 3 aliphatic carbocycles. The van der Waals surface area contributed by atoms with Crippen molar-refractivity contribution in [3.8, 4) is 0 Å². The molecule has 4 atom stereocenters. The lowest BCUT2D eigenvalue weighted by molar-refractivity contribution is 0.0785. The van der Waals surface area contributed by atoms with E-state index in [1.54, 1.807) is 0 Å². The van der Waals surface area contributed by atoms with E-state index in [1.807, 2.05) is 0 Å². The second kappa shape index (κ2) is 6.79. The molecule has 2 saturated carbocycles. The molecule has 0 bridgehead atoms. The minimum atomic E-state index is -1.24. The maximum Gasteiger partial charge on any atom is 0.138 e. The topological polar surface area (TPSA) is 0 Å². The first-order valence-electron chi connectivity index (χ1n) is 9.12. The number of hydrogen-bond donors (Lipinski definition) is 0. The molecule has 4 unspecified atom stereocenters. The fourth-order valence-electron chi connectivity index (χ4n) is 4.89. The van der Waals surface area contributed by atoms with Crippen molar-refractivity contribution < 1.29 is 8.78 Å². The fourth-order valence-corrected chi connectivity index (χ4v) is 4.89. The average Bonchev–Trinajstić information content (AvgIpc) is 2.51. The van der Waals surface area contributed by atoms with Crippen LogP contribution in [0.4, 0.5) is 8.78 Å². The summed E-state index contributed by atoms with van der Waals surface area (Å²) >= 11 is 0. The normalized spacial score (nSPS) is 45.2. The molecule has 0 saturated heterocycles. The van der Waals surface area contributed by atoms with Crippen LogP contribution in [0.25, 0.3) is 0 Å². The minimum absolute atomic E-state index is 0.110. The molecule has 0 N–H and O–H groups in total. The van der Waals surface area contributed by atoms with Crippen LogP contribution < -0.4 is 0 Å². The van der Waals surface area contributed by atoms with Crippen molar-refractivity contribution in [3.05, 3.63) is 11.6 Å². The third-order valence-corrected chi connectivity index (χ3v) is 6.41. The Balaban J connectivity index is 1.56. The monoisotopic (exact) mass is 296 g/mol. The molecular weight excluding hydrogens is 266 g/mol. The lowest BCUT2D eigenvalue weighted by Gasteiger charge is -2.37. The number of halogens is 2. The van der Waals surface area contributed by atoms with E-state index in [9.17, 15) is 8.78 Å². The van der Waals surface area contributed by atoms with Crippen LogP contribution >= 0.6 is 0 Å². The maximum absolute atomic E-state index is 14.1. The second-order valence-electron chi connectivity index (χ2n) is 7.83. The van der Waals surface area contributed by atoms with Crippen molar-refractivity contribution in [1.82, 2.24) is 0 Å². The first-order chi connectivity index (χ1) is 10.1. The zero-order valence-electron chi connectivity index (χ0n) is 13.4. The molecule has 3 rings (SSSR count). The molecule has 0 amide bonds. The summed E-state index contributed by atoms with van der Waals surface area (Å²) in [6, 6.07) is 0. The van der Waals surface area contributed by atoms with Crippen molar-refractivity contribution in [2.75, 3.05) is 0 Å². The lowest BCUT2D eigenvalue weighted by atomic mass is 9.69. The number of alkyl halides is 2. The Morgan fingerprint density at radius 1 is 0.905 bits per heavy atom. The number of hydrogen-bond acceptors (Lipinski definition) is 0. The summed E-state index contributed by atoms with van der Waals surface area (Å²) in [5.41, 5.74) is 1.24. The molecule has 0 spiro atoms. The van der Waals surface area contributed by atoms with Crippen molar-refractivity contribution in [3.63, 3.8) is 0 Å². The fraction of sp³-hybridized carbons (Fsp3) is 0.895. The van der Waals surface area contributed by atoms with Gasteiger partial charge in [0, 0.05) is 5.92 Å².